The first-order valence-corrected chi connectivity index (χ1v) is 5.63. The minimum absolute atomic E-state index is 0.0144. The maximum atomic E-state index is 12.4. The van der Waals surface area contributed by atoms with Gasteiger partial charge in [0.05, 0.1) is 6.54 Å². The van der Waals surface area contributed by atoms with Gasteiger partial charge in [-0.1, -0.05) is 13.3 Å². The molecule has 0 aromatic rings. The van der Waals surface area contributed by atoms with Crippen LogP contribution < -0.4 is 5.32 Å². The topological polar surface area (TPSA) is 49.4 Å². The number of alkyl halides is 1. The zero-order valence-corrected chi connectivity index (χ0v) is 10.0. The molecule has 1 aliphatic heterocycles. The lowest BCUT2D eigenvalue weighted by molar-refractivity contribution is -0.155. The highest BCUT2D eigenvalue weighted by atomic mass is 19.1. The van der Waals surface area contributed by atoms with Crippen LogP contribution >= 0.6 is 0 Å². The second-order valence-electron chi connectivity index (χ2n) is 4.55. The van der Waals surface area contributed by atoms with Crippen LogP contribution in [0.25, 0.3) is 0 Å². The summed E-state index contributed by atoms with van der Waals surface area (Å²) >= 11 is 0. The van der Waals surface area contributed by atoms with Gasteiger partial charge in [-0.25, -0.2) is 4.39 Å². The van der Waals surface area contributed by atoms with Crippen molar-refractivity contribution < 1.29 is 14.0 Å². The molecule has 5 heteroatoms. The molecule has 1 heterocycles. The molecule has 92 valence electrons. The van der Waals surface area contributed by atoms with Gasteiger partial charge in [0.25, 0.3) is 0 Å². The van der Waals surface area contributed by atoms with Gasteiger partial charge >= 0.3 is 0 Å². The van der Waals surface area contributed by atoms with Gasteiger partial charge in [-0.15, -0.1) is 0 Å². The Morgan fingerprint density at radius 3 is 2.56 bits per heavy atom. The third-order valence-corrected chi connectivity index (χ3v) is 2.99. The largest absolute Gasteiger partial charge is 0.342 e. The number of nitrogens with zero attached hydrogens (tertiary/aromatic N) is 1. The zero-order valence-electron chi connectivity index (χ0n) is 10.0. The summed E-state index contributed by atoms with van der Waals surface area (Å²) in [5, 5.41) is 2.69. The van der Waals surface area contributed by atoms with E-state index in [9.17, 15) is 14.0 Å². The van der Waals surface area contributed by atoms with Gasteiger partial charge < -0.3 is 10.2 Å². The Bertz CT molecular complexity index is 292. The van der Waals surface area contributed by atoms with Gasteiger partial charge in [0, 0.05) is 0 Å². The summed E-state index contributed by atoms with van der Waals surface area (Å²) in [6, 6.07) is -0.489. The Hall–Kier alpha value is -1.13. The monoisotopic (exact) mass is 230 g/mol. The van der Waals surface area contributed by atoms with Crippen molar-refractivity contribution in [3.05, 3.63) is 0 Å². The van der Waals surface area contributed by atoms with Crippen molar-refractivity contribution >= 4 is 11.8 Å². The molecule has 0 saturated carbocycles. The molecule has 1 N–H and O–H groups in total. The molecule has 0 radical (unpaired) electrons. The second-order valence-corrected chi connectivity index (χ2v) is 4.55. The van der Waals surface area contributed by atoms with Crippen LogP contribution in [0.1, 0.15) is 33.6 Å². The van der Waals surface area contributed by atoms with E-state index >= 15 is 0 Å². The lowest BCUT2D eigenvalue weighted by Crippen LogP contribution is -2.68. The van der Waals surface area contributed by atoms with Crippen molar-refractivity contribution in [3.63, 3.8) is 0 Å². The number of rotatable bonds is 4. The maximum absolute atomic E-state index is 12.4. The summed E-state index contributed by atoms with van der Waals surface area (Å²) in [4.78, 5) is 25.2. The molecule has 0 aromatic carbocycles. The number of piperazine rings is 1. The molecule has 1 fully saturated rings. The van der Waals surface area contributed by atoms with E-state index in [1.54, 1.807) is 13.8 Å². The van der Waals surface area contributed by atoms with E-state index in [0.29, 0.717) is 6.42 Å². The summed E-state index contributed by atoms with van der Waals surface area (Å²) < 4.78 is 12.4. The van der Waals surface area contributed by atoms with Crippen LogP contribution in [0.2, 0.25) is 0 Å². The first kappa shape index (κ1) is 12.9. The van der Waals surface area contributed by atoms with Crippen LogP contribution in [0, 0.1) is 0 Å². The van der Waals surface area contributed by atoms with Crippen molar-refractivity contribution in [1.29, 1.82) is 0 Å². The van der Waals surface area contributed by atoms with E-state index in [4.69, 9.17) is 0 Å². The van der Waals surface area contributed by atoms with Crippen LogP contribution in [0.4, 0.5) is 4.39 Å². The standard InChI is InChI=1S/C11H19FN2O2/c1-4-5-8-9(15)14(7-6-12)11(2,3)10(16)13-8/h8H,4-7H2,1-3H3,(H,13,16). The maximum Gasteiger partial charge on any atom is 0.246 e. The van der Waals surface area contributed by atoms with Crippen LogP contribution in [-0.4, -0.2) is 41.5 Å². The van der Waals surface area contributed by atoms with Crippen LogP contribution in [0.5, 0.6) is 0 Å². The number of hydrogen-bond donors (Lipinski definition) is 1. The number of hydrogen-bond acceptors (Lipinski definition) is 2. The molecule has 0 spiro atoms. The number of carbonyl (C=O) groups excluding carboxylic acids is 2. The van der Waals surface area contributed by atoms with Crippen molar-refractivity contribution in [1.82, 2.24) is 10.2 Å². The highest BCUT2D eigenvalue weighted by Gasteiger charge is 2.45. The fourth-order valence-corrected chi connectivity index (χ4v) is 1.94. The number of nitrogens with one attached hydrogen (secondary N) is 1. The predicted octanol–water partition coefficient (Wildman–Crippen LogP) is 0.862. The number of amides is 2. The highest BCUT2D eigenvalue weighted by Crippen LogP contribution is 2.22. The van der Waals surface area contributed by atoms with Crippen LogP contribution in [0.15, 0.2) is 0 Å². The molecular weight excluding hydrogens is 211 g/mol. The van der Waals surface area contributed by atoms with E-state index in [0.717, 1.165) is 6.42 Å². The summed E-state index contributed by atoms with van der Waals surface area (Å²) in [5.41, 5.74) is -0.951. The summed E-state index contributed by atoms with van der Waals surface area (Å²) in [6.07, 6.45) is 1.41. The molecular formula is C11H19FN2O2. The molecule has 2 amide bonds. The van der Waals surface area contributed by atoms with Gasteiger partial charge in [-0.2, -0.15) is 0 Å². The van der Waals surface area contributed by atoms with Crippen LogP contribution in [0.3, 0.4) is 0 Å². The quantitative estimate of drug-likeness (QED) is 0.778. The fraction of sp³-hybridized carbons (Fsp3) is 0.818. The van der Waals surface area contributed by atoms with Crippen molar-refractivity contribution in [3.8, 4) is 0 Å². The molecule has 0 aliphatic carbocycles. The normalized spacial score (nSPS) is 24.5. The Labute approximate surface area is 95.2 Å². The SMILES string of the molecule is CCCC1NC(=O)C(C)(C)N(CCF)C1=O. The lowest BCUT2D eigenvalue weighted by atomic mass is 9.94. The second kappa shape index (κ2) is 4.80. The van der Waals surface area contributed by atoms with Crippen molar-refractivity contribution in [2.45, 2.75) is 45.2 Å². The minimum Gasteiger partial charge on any atom is -0.342 e. The summed E-state index contributed by atoms with van der Waals surface area (Å²) in [6.45, 7) is 4.58. The highest BCUT2D eigenvalue weighted by molar-refractivity contribution is 5.99. The fourth-order valence-electron chi connectivity index (χ4n) is 1.94. The van der Waals surface area contributed by atoms with E-state index in [1.165, 1.54) is 4.90 Å². The van der Waals surface area contributed by atoms with E-state index in [-0.39, 0.29) is 18.4 Å². The summed E-state index contributed by atoms with van der Waals surface area (Å²) in [5.74, 6) is -0.386. The van der Waals surface area contributed by atoms with Gasteiger partial charge in [-0.3, -0.25) is 9.59 Å². The lowest BCUT2D eigenvalue weighted by Gasteiger charge is -2.43. The molecule has 0 aromatic heterocycles. The van der Waals surface area contributed by atoms with Gasteiger partial charge in [0.15, 0.2) is 0 Å². The van der Waals surface area contributed by atoms with E-state index < -0.39 is 18.3 Å². The van der Waals surface area contributed by atoms with E-state index in [1.807, 2.05) is 6.92 Å². The number of halogens is 1. The first-order valence-electron chi connectivity index (χ1n) is 5.63. The molecule has 1 unspecified atom stereocenters. The van der Waals surface area contributed by atoms with E-state index in [2.05, 4.69) is 5.32 Å². The third-order valence-electron chi connectivity index (χ3n) is 2.99. The van der Waals surface area contributed by atoms with Crippen molar-refractivity contribution in [2.24, 2.45) is 0 Å². The first-order chi connectivity index (χ1) is 7.45. The average Bonchev–Trinajstić information content (AvgIpc) is 2.22. The molecule has 1 atom stereocenters. The molecule has 0 bridgehead atoms. The third kappa shape index (κ3) is 2.18. The molecule has 1 rings (SSSR count). The van der Waals surface area contributed by atoms with Crippen molar-refractivity contribution in [2.75, 3.05) is 13.2 Å². The molecule has 4 nitrogen and oxygen atoms in total. The molecule has 16 heavy (non-hydrogen) atoms. The minimum atomic E-state index is -0.951. The van der Waals surface area contributed by atoms with Gasteiger partial charge in [-0.05, 0) is 20.3 Å². The Morgan fingerprint density at radius 2 is 2.06 bits per heavy atom. The molecule has 1 aliphatic rings. The van der Waals surface area contributed by atoms with Gasteiger partial charge in [0.1, 0.15) is 18.3 Å². The zero-order chi connectivity index (χ0) is 12.3. The average molecular weight is 230 g/mol. The summed E-state index contributed by atoms with van der Waals surface area (Å²) in [7, 11) is 0. The Kier molecular flexibility index (Phi) is 3.88. The number of carbonyl (C=O) groups is 2. The predicted molar refractivity (Wildman–Crippen MR) is 58.6 cm³/mol. The Balaban J connectivity index is 2.90. The smallest absolute Gasteiger partial charge is 0.246 e. The van der Waals surface area contributed by atoms with Crippen LogP contribution in [-0.2, 0) is 9.59 Å². The Morgan fingerprint density at radius 1 is 1.44 bits per heavy atom. The molecule has 1 saturated heterocycles. The van der Waals surface area contributed by atoms with Gasteiger partial charge in [0.2, 0.25) is 11.8 Å².